The minimum Gasteiger partial charge on any atom is -0.508 e. The van der Waals surface area contributed by atoms with Crippen molar-refractivity contribution < 1.29 is 5.11 Å². The van der Waals surface area contributed by atoms with Crippen LogP contribution in [0.3, 0.4) is 0 Å². The average molecular weight is 207 g/mol. The number of hydrogen-bond donors (Lipinski definition) is 1. The summed E-state index contributed by atoms with van der Waals surface area (Å²) in [4.78, 5) is 0. The monoisotopic (exact) mass is 206 g/mol. The Morgan fingerprint density at radius 3 is 1.46 bits per heavy atom. The van der Waals surface area contributed by atoms with E-state index in [4.69, 9.17) is 5.11 Å². The van der Waals surface area contributed by atoms with Gasteiger partial charge in [0.25, 0.3) is 0 Å². The second-order valence-corrected chi connectivity index (χ2v) is 5.84. The quantitative estimate of drug-likeness (QED) is 0.511. The van der Waals surface area contributed by atoms with Crippen LogP contribution in [0.2, 0.25) is 19.6 Å². The Bertz CT molecular complexity index is 175. The predicted octanol–water partition coefficient (Wildman–Crippen LogP) is 2.83. The zero-order valence-corrected chi connectivity index (χ0v) is 11.5. The second kappa shape index (κ2) is 12.0. The molecule has 1 nitrogen and oxygen atoms in total. The Labute approximate surface area is 99.9 Å². The summed E-state index contributed by atoms with van der Waals surface area (Å²) in [5, 5.41) is 8.63. The third kappa shape index (κ3) is 18.8. The molecule has 1 aromatic rings. The maximum absolute atomic E-state index is 8.63. The molecule has 0 aliphatic rings. The van der Waals surface area contributed by atoms with Gasteiger partial charge in [-0.2, -0.15) is 19.6 Å². The summed E-state index contributed by atoms with van der Waals surface area (Å²) in [5.74, 6) is 0.322. The van der Waals surface area contributed by atoms with Gasteiger partial charge in [0.2, 0.25) is 0 Å². The van der Waals surface area contributed by atoms with E-state index in [0.29, 0.717) is 5.75 Å². The van der Waals surface area contributed by atoms with Crippen molar-refractivity contribution in [3.8, 4) is 5.75 Å². The zero-order chi connectivity index (χ0) is 8.69. The van der Waals surface area contributed by atoms with E-state index in [1.165, 1.54) is 0 Å². The summed E-state index contributed by atoms with van der Waals surface area (Å²) in [5.41, 5.74) is 0. The van der Waals surface area contributed by atoms with Gasteiger partial charge in [-0.25, -0.2) is 0 Å². The zero-order valence-electron chi connectivity index (χ0n) is 9.04. The van der Waals surface area contributed by atoms with Crippen LogP contribution in [0, 0.1) is 7.43 Å². The molecule has 0 spiro atoms. The van der Waals surface area contributed by atoms with Crippen molar-refractivity contribution in [3.05, 3.63) is 37.8 Å². The smallest absolute Gasteiger partial charge is 0.508 e. The number of rotatable bonds is 0. The van der Waals surface area contributed by atoms with E-state index < -0.39 is 0 Å². The fourth-order valence-corrected chi connectivity index (χ4v) is 0.428. The molecule has 1 aromatic carbocycles. The van der Waals surface area contributed by atoms with Gasteiger partial charge in [-0.15, -0.1) is 0 Å². The number of aromatic hydroxyl groups is 1. The van der Waals surface area contributed by atoms with E-state index >= 15 is 0 Å². The van der Waals surface area contributed by atoms with Crippen LogP contribution in [0.5, 0.6) is 5.75 Å². The normalized spacial score (nSPS) is 7.38. The Morgan fingerprint density at radius 1 is 1.00 bits per heavy atom. The fourth-order valence-electron chi connectivity index (χ4n) is 0.428. The van der Waals surface area contributed by atoms with Gasteiger partial charge in [-0.05, 0) is 12.1 Å². The van der Waals surface area contributed by atoms with Crippen molar-refractivity contribution in [2.75, 3.05) is 0 Å². The number of phenols is 1. The Kier molecular flexibility index (Phi) is 17.3. The number of benzene rings is 1. The Balaban J connectivity index is -0.000000150. The molecule has 0 fully saturated rings. The summed E-state index contributed by atoms with van der Waals surface area (Å²) in [6.45, 7) is 6.81. The second-order valence-electron chi connectivity index (χ2n) is 2.84. The molecule has 1 rings (SSSR count). The minimum atomic E-state index is 0. The first kappa shape index (κ1) is 18.7. The molecule has 0 heterocycles. The van der Waals surface area contributed by atoms with Crippen molar-refractivity contribution in [1.29, 1.82) is 0 Å². The molecule has 0 aromatic heterocycles. The van der Waals surface area contributed by atoms with Crippen LogP contribution in [0.15, 0.2) is 30.3 Å². The molecular weight excluding hydrogens is 188 g/mol. The maximum Gasteiger partial charge on any atom is 2.00 e. The number of hydrogen-bond acceptors (Lipinski definition) is 1. The molecule has 0 radical (unpaired) electrons. The van der Waals surface area contributed by atoms with E-state index in [1.807, 2.05) is 6.07 Å². The molecule has 0 aliphatic carbocycles. The molecule has 0 saturated carbocycles. The summed E-state index contributed by atoms with van der Waals surface area (Å²) in [7, 11) is 0.120. The summed E-state index contributed by atoms with van der Waals surface area (Å²) in [6.07, 6.45) is 0. The standard InChI is InChI=1S/C6H6O.C3H9Si.CH3.Mg/c7-6-4-2-1-3-5-6;1-4(2)3;;/h1-5,7H;1-3H3;1H3;/q;2*-1;+2. The first-order chi connectivity index (χ1) is 5.13. The molecule has 0 atom stereocenters. The van der Waals surface area contributed by atoms with Gasteiger partial charge in [-0.3, -0.25) is 8.80 Å². The fraction of sp³-hybridized carbons (Fsp3) is 0.300. The molecule has 13 heavy (non-hydrogen) atoms. The summed E-state index contributed by atoms with van der Waals surface area (Å²) < 4.78 is 0. The van der Waals surface area contributed by atoms with Gasteiger partial charge in [-0.1, -0.05) is 18.2 Å². The van der Waals surface area contributed by atoms with Gasteiger partial charge in [0, 0.05) is 0 Å². The van der Waals surface area contributed by atoms with E-state index in [1.54, 1.807) is 24.3 Å². The third-order valence-corrected chi connectivity index (χ3v) is 0.756. The van der Waals surface area contributed by atoms with Crippen molar-refractivity contribution in [1.82, 2.24) is 0 Å². The van der Waals surface area contributed by atoms with Crippen molar-refractivity contribution in [3.63, 3.8) is 0 Å². The van der Waals surface area contributed by atoms with Gasteiger partial charge < -0.3 is 12.5 Å². The predicted molar refractivity (Wildman–Crippen MR) is 63.6 cm³/mol. The van der Waals surface area contributed by atoms with Gasteiger partial charge >= 0.3 is 23.1 Å². The van der Waals surface area contributed by atoms with E-state index in [2.05, 4.69) is 19.6 Å². The molecule has 0 bridgehead atoms. The largest absolute Gasteiger partial charge is 2.00 e. The number of para-hydroxylation sites is 1. The molecule has 0 saturated heterocycles. The van der Waals surface area contributed by atoms with Crippen LogP contribution in [0.4, 0.5) is 0 Å². The molecule has 3 heteroatoms. The van der Waals surface area contributed by atoms with E-state index in [-0.39, 0.29) is 39.3 Å². The average Bonchev–Trinajstić information content (AvgIpc) is 1.87. The summed E-state index contributed by atoms with van der Waals surface area (Å²) >= 11 is 0. The van der Waals surface area contributed by atoms with Crippen LogP contribution in [-0.2, 0) is 0 Å². The van der Waals surface area contributed by atoms with Gasteiger partial charge in [0.1, 0.15) is 5.75 Å². The molecule has 0 aliphatic heterocycles. The van der Waals surface area contributed by atoms with E-state index in [9.17, 15) is 0 Å². The Morgan fingerprint density at radius 2 is 1.31 bits per heavy atom. The van der Waals surface area contributed by atoms with Crippen molar-refractivity contribution in [2.24, 2.45) is 0 Å². The molecule has 70 valence electrons. The first-order valence-electron chi connectivity index (χ1n) is 3.63. The van der Waals surface area contributed by atoms with Gasteiger partial charge in [0.15, 0.2) is 0 Å². The van der Waals surface area contributed by atoms with Crippen molar-refractivity contribution in [2.45, 2.75) is 19.6 Å². The van der Waals surface area contributed by atoms with Gasteiger partial charge in [0.05, 0.1) is 0 Å². The van der Waals surface area contributed by atoms with Crippen LogP contribution < -0.4 is 0 Å². The van der Waals surface area contributed by atoms with E-state index in [0.717, 1.165) is 0 Å². The maximum atomic E-state index is 8.63. The number of phenolic OH excluding ortho intramolecular Hbond substituents is 1. The minimum absolute atomic E-state index is 0. The van der Waals surface area contributed by atoms with Crippen molar-refractivity contribution >= 4 is 31.8 Å². The van der Waals surface area contributed by atoms with Crippen LogP contribution in [0.25, 0.3) is 0 Å². The first-order valence-corrected chi connectivity index (χ1v) is 6.63. The topological polar surface area (TPSA) is 20.2 Å². The molecule has 0 unspecified atom stereocenters. The van der Waals surface area contributed by atoms with Crippen LogP contribution in [-0.4, -0.2) is 37.0 Å². The molecule has 1 N–H and O–H groups in total. The third-order valence-electron chi connectivity index (χ3n) is 0.756. The molecular formula is C10H18MgOSi. The Hall–Kier alpha value is 0.00312. The summed E-state index contributed by atoms with van der Waals surface area (Å²) in [6, 6.07) is 8.71. The van der Waals surface area contributed by atoms with Crippen LogP contribution >= 0.6 is 0 Å². The SMILES string of the molecule is C[Si-](C)C.Oc1ccccc1.[CH3-].[Mg+2]. The van der Waals surface area contributed by atoms with Crippen LogP contribution in [0.1, 0.15) is 0 Å². The molecule has 0 amide bonds.